The third kappa shape index (κ3) is 2.77. The quantitative estimate of drug-likeness (QED) is 0.886. The molecule has 0 aliphatic heterocycles. The molecule has 2 aromatic heterocycles. The number of thiazole rings is 1. The Morgan fingerprint density at radius 3 is 3.00 bits per heavy atom. The number of aliphatic hydroxyl groups excluding tert-OH is 1. The van der Waals surface area contributed by atoms with Crippen molar-refractivity contribution in [1.29, 1.82) is 0 Å². The first-order valence-corrected chi connectivity index (χ1v) is 6.31. The van der Waals surface area contributed by atoms with Gasteiger partial charge in [-0.1, -0.05) is 0 Å². The van der Waals surface area contributed by atoms with Crippen molar-refractivity contribution in [2.24, 2.45) is 0 Å². The number of nitrogens with zero attached hydrogens (tertiary/aromatic N) is 1. The van der Waals surface area contributed by atoms with Crippen LogP contribution in [-0.4, -0.2) is 28.1 Å². The summed E-state index contributed by atoms with van der Waals surface area (Å²) in [7, 11) is 0. The minimum absolute atomic E-state index is 0.128. The van der Waals surface area contributed by atoms with Gasteiger partial charge in [-0.2, -0.15) is 0 Å². The molecule has 0 aromatic carbocycles. The molecular weight excluding hydrogens is 252 g/mol. The molecule has 18 heavy (non-hydrogen) atoms. The van der Waals surface area contributed by atoms with Crippen molar-refractivity contribution >= 4 is 17.2 Å². The average Bonchev–Trinajstić information content (AvgIpc) is 2.99. The van der Waals surface area contributed by atoms with Gasteiger partial charge >= 0.3 is 0 Å². The maximum absolute atomic E-state index is 11.9. The Hall–Kier alpha value is -1.66. The second-order valence-corrected chi connectivity index (χ2v) is 5.40. The molecular formula is C12H14N2O3S. The summed E-state index contributed by atoms with van der Waals surface area (Å²) in [6, 6.07) is 1.79. The van der Waals surface area contributed by atoms with Gasteiger partial charge in [0.15, 0.2) is 0 Å². The lowest BCUT2D eigenvalue weighted by Crippen LogP contribution is -2.46. The lowest BCUT2D eigenvalue weighted by Gasteiger charge is -2.22. The first kappa shape index (κ1) is 12.8. The molecule has 0 fully saturated rings. The fourth-order valence-electron chi connectivity index (χ4n) is 1.31. The monoisotopic (exact) mass is 266 g/mol. The van der Waals surface area contributed by atoms with Gasteiger partial charge in [0.25, 0.3) is 5.91 Å². The van der Waals surface area contributed by atoms with Crippen LogP contribution in [0.15, 0.2) is 28.4 Å². The number of rotatable bonds is 4. The number of carbonyl (C=O) groups excluding carboxylic acids is 1. The van der Waals surface area contributed by atoms with Gasteiger partial charge in [-0.05, 0) is 19.9 Å². The molecule has 0 saturated carbocycles. The summed E-state index contributed by atoms with van der Waals surface area (Å²) in [5.41, 5.74) is 0.537. The van der Waals surface area contributed by atoms with Gasteiger partial charge in [0, 0.05) is 10.9 Å². The van der Waals surface area contributed by atoms with Crippen molar-refractivity contribution < 1.29 is 14.3 Å². The van der Waals surface area contributed by atoms with Crippen molar-refractivity contribution in [2.45, 2.75) is 19.4 Å². The highest BCUT2D eigenvalue weighted by molar-refractivity contribution is 7.13. The largest absolute Gasteiger partial charge is 0.472 e. The molecule has 2 heterocycles. The smallest absolute Gasteiger partial charge is 0.271 e. The Morgan fingerprint density at radius 2 is 2.39 bits per heavy atom. The highest BCUT2D eigenvalue weighted by atomic mass is 32.1. The van der Waals surface area contributed by atoms with E-state index < -0.39 is 5.54 Å². The van der Waals surface area contributed by atoms with E-state index in [1.165, 1.54) is 11.3 Å². The topological polar surface area (TPSA) is 75.4 Å². The van der Waals surface area contributed by atoms with Crippen LogP contribution in [0.2, 0.25) is 0 Å². The van der Waals surface area contributed by atoms with Gasteiger partial charge in [0.1, 0.15) is 17.0 Å². The van der Waals surface area contributed by atoms with E-state index in [4.69, 9.17) is 9.52 Å². The lowest BCUT2D eigenvalue weighted by molar-refractivity contribution is 0.0865. The van der Waals surface area contributed by atoms with E-state index in [1.807, 2.05) is 0 Å². The summed E-state index contributed by atoms with van der Waals surface area (Å²) in [6.45, 7) is 3.36. The molecule has 5 nitrogen and oxygen atoms in total. The van der Waals surface area contributed by atoms with Crippen LogP contribution in [0, 0.1) is 0 Å². The summed E-state index contributed by atoms with van der Waals surface area (Å²) >= 11 is 1.37. The van der Waals surface area contributed by atoms with E-state index in [1.54, 1.807) is 37.8 Å². The summed E-state index contributed by atoms with van der Waals surface area (Å²) < 4.78 is 4.97. The Morgan fingerprint density at radius 1 is 1.61 bits per heavy atom. The predicted molar refractivity (Wildman–Crippen MR) is 68.4 cm³/mol. The summed E-state index contributed by atoms with van der Waals surface area (Å²) in [5.74, 6) is -0.292. The molecule has 0 saturated heterocycles. The predicted octanol–water partition coefficient (Wildman–Crippen LogP) is 1.90. The molecule has 2 rings (SSSR count). The third-order valence-electron chi connectivity index (χ3n) is 2.35. The minimum atomic E-state index is -0.656. The third-order valence-corrected chi connectivity index (χ3v) is 3.24. The average molecular weight is 266 g/mol. The van der Waals surface area contributed by atoms with Gasteiger partial charge in [0.05, 0.1) is 18.4 Å². The van der Waals surface area contributed by atoms with E-state index in [0.717, 1.165) is 10.6 Å². The molecule has 6 heteroatoms. The van der Waals surface area contributed by atoms with Crippen LogP contribution in [0.4, 0.5) is 0 Å². The maximum Gasteiger partial charge on any atom is 0.271 e. The van der Waals surface area contributed by atoms with Crippen molar-refractivity contribution in [1.82, 2.24) is 10.3 Å². The number of furan rings is 1. The van der Waals surface area contributed by atoms with E-state index in [-0.39, 0.29) is 12.5 Å². The number of carbonyl (C=O) groups is 1. The van der Waals surface area contributed by atoms with Crippen molar-refractivity contribution in [3.8, 4) is 10.6 Å². The first-order valence-electron chi connectivity index (χ1n) is 5.43. The van der Waals surface area contributed by atoms with Crippen LogP contribution >= 0.6 is 11.3 Å². The molecule has 0 atom stereocenters. The zero-order chi connectivity index (χ0) is 13.2. The minimum Gasteiger partial charge on any atom is -0.472 e. The van der Waals surface area contributed by atoms with Crippen molar-refractivity contribution in [3.63, 3.8) is 0 Å². The van der Waals surface area contributed by atoms with E-state index in [0.29, 0.717) is 5.69 Å². The van der Waals surface area contributed by atoms with Crippen LogP contribution < -0.4 is 5.32 Å². The van der Waals surface area contributed by atoms with Crippen LogP contribution in [-0.2, 0) is 0 Å². The molecule has 1 amide bonds. The molecule has 0 spiro atoms. The molecule has 0 aliphatic rings. The first-order chi connectivity index (χ1) is 8.52. The number of amides is 1. The molecule has 2 aromatic rings. The second-order valence-electron chi connectivity index (χ2n) is 4.55. The molecule has 96 valence electrons. The summed E-state index contributed by atoms with van der Waals surface area (Å²) in [4.78, 5) is 16.1. The number of nitrogens with one attached hydrogen (secondary N) is 1. The van der Waals surface area contributed by atoms with Gasteiger partial charge < -0.3 is 14.8 Å². The number of hydrogen-bond donors (Lipinski definition) is 2. The van der Waals surface area contributed by atoms with Crippen molar-refractivity contribution in [3.05, 3.63) is 29.7 Å². The zero-order valence-corrected chi connectivity index (χ0v) is 11.0. The fraction of sp³-hybridized carbons (Fsp3) is 0.333. The molecule has 0 unspecified atom stereocenters. The van der Waals surface area contributed by atoms with Crippen LogP contribution in [0.25, 0.3) is 10.6 Å². The maximum atomic E-state index is 11.9. The molecule has 0 aliphatic carbocycles. The Labute approximate surface area is 108 Å². The van der Waals surface area contributed by atoms with Crippen LogP contribution in [0.1, 0.15) is 24.3 Å². The number of hydrogen-bond acceptors (Lipinski definition) is 5. The Bertz CT molecular complexity index is 531. The zero-order valence-electron chi connectivity index (χ0n) is 10.1. The van der Waals surface area contributed by atoms with Crippen molar-refractivity contribution in [2.75, 3.05) is 6.61 Å². The van der Waals surface area contributed by atoms with Gasteiger partial charge in [0.2, 0.25) is 0 Å². The van der Waals surface area contributed by atoms with Gasteiger partial charge in [-0.3, -0.25) is 4.79 Å². The van der Waals surface area contributed by atoms with Gasteiger partial charge in [-0.25, -0.2) is 4.98 Å². The Kier molecular flexibility index (Phi) is 3.49. The summed E-state index contributed by atoms with van der Waals surface area (Å²) in [6.07, 6.45) is 3.14. The number of aromatic nitrogens is 1. The highest BCUT2D eigenvalue weighted by Gasteiger charge is 2.21. The molecule has 2 N–H and O–H groups in total. The normalized spacial score (nSPS) is 11.5. The SMILES string of the molecule is CC(C)(CO)NC(=O)c1csc(-c2ccoc2)n1. The fourth-order valence-corrected chi connectivity index (χ4v) is 2.09. The van der Waals surface area contributed by atoms with Crippen LogP contribution in [0.5, 0.6) is 0 Å². The van der Waals surface area contributed by atoms with E-state index in [2.05, 4.69) is 10.3 Å². The number of aliphatic hydroxyl groups is 1. The van der Waals surface area contributed by atoms with Gasteiger partial charge in [-0.15, -0.1) is 11.3 Å². The lowest BCUT2D eigenvalue weighted by atomic mass is 10.1. The molecule has 0 radical (unpaired) electrons. The Balaban J connectivity index is 2.13. The highest BCUT2D eigenvalue weighted by Crippen LogP contribution is 2.24. The van der Waals surface area contributed by atoms with E-state index in [9.17, 15) is 4.79 Å². The summed E-state index contributed by atoms with van der Waals surface area (Å²) in [5, 5.41) is 14.2. The second kappa shape index (κ2) is 4.91. The molecule has 0 bridgehead atoms. The van der Waals surface area contributed by atoms with Crippen LogP contribution in [0.3, 0.4) is 0 Å². The van der Waals surface area contributed by atoms with E-state index >= 15 is 0 Å². The standard InChI is InChI=1S/C12H14N2O3S/c1-12(2,7-15)14-10(16)9-6-18-11(13-9)8-3-4-17-5-8/h3-6,15H,7H2,1-2H3,(H,14,16).